The second-order valence-corrected chi connectivity index (χ2v) is 7.24. The monoisotopic (exact) mass is 393 g/mol. The number of para-hydroxylation sites is 1. The van der Waals surface area contributed by atoms with E-state index in [9.17, 15) is 9.18 Å². The Balaban J connectivity index is 1.75. The minimum absolute atomic E-state index is 0.203. The van der Waals surface area contributed by atoms with Gasteiger partial charge in [0.15, 0.2) is 0 Å². The molecule has 2 amide bonds. The van der Waals surface area contributed by atoms with E-state index in [0.717, 1.165) is 25.1 Å². The molecule has 3 rings (SSSR count). The minimum Gasteiger partial charge on any atom is -0.345 e. The lowest BCUT2D eigenvalue weighted by Crippen LogP contribution is -2.36. The molecule has 5 heteroatoms. The number of nitrogens with one attached hydrogen (secondary N) is 1. The molecular formula is C24H28FN3O. The maximum absolute atomic E-state index is 13.9. The van der Waals surface area contributed by atoms with Crippen LogP contribution in [-0.2, 0) is 13.1 Å². The Bertz CT molecular complexity index is 951. The molecule has 0 saturated carbocycles. The molecule has 2 aromatic carbocycles. The van der Waals surface area contributed by atoms with Gasteiger partial charge < -0.3 is 14.8 Å². The second-order valence-electron chi connectivity index (χ2n) is 7.24. The van der Waals surface area contributed by atoms with Crippen molar-refractivity contribution in [2.24, 2.45) is 0 Å². The Hall–Kier alpha value is -3.08. The third-order valence-electron chi connectivity index (χ3n) is 5.06. The van der Waals surface area contributed by atoms with Gasteiger partial charge in [-0.15, -0.1) is 0 Å². The minimum atomic E-state index is -0.431. The summed E-state index contributed by atoms with van der Waals surface area (Å²) in [6.07, 6.45) is 3.91. The van der Waals surface area contributed by atoms with Gasteiger partial charge in [-0.25, -0.2) is 9.18 Å². The normalized spacial score (nSPS) is 10.7. The SMILES string of the molecule is CCCCN(Cc1cccn1Cc1ccccc1C)C(=O)Nc1ccccc1F. The highest BCUT2D eigenvalue weighted by Crippen LogP contribution is 2.17. The van der Waals surface area contributed by atoms with Crippen LogP contribution in [0.2, 0.25) is 0 Å². The lowest BCUT2D eigenvalue weighted by atomic mass is 10.1. The fourth-order valence-electron chi connectivity index (χ4n) is 3.27. The number of carbonyl (C=O) groups excluding carboxylic acids is 1. The smallest absolute Gasteiger partial charge is 0.322 e. The van der Waals surface area contributed by atoms with Crippen LogP contribution >= 0.6 is 0 Å². The highest BCUT2D eigenvalue weighted by molar-refractivity contribution is 5.89. The molecular weight excluding hydrogens is 365 g/mol. The van der Waals surface area contributed by atoms with Crippen LogP contribution < -0.4 is 5.32 Å². The zero-order valence-electron chi connectivity index (χ0n) is 17.1. The van der Waals surface area contributed by atoms with E-state index in [4.69, 9.17) is 0 Å². The van der Waals surface area contributed by atoms with Gasteiger partial charge in [-0.1, -0.05) is 49.7 Å². The molecule has 0 radical (unpaired) electrons. The van der Waals surface area contributed by atoms with Crippen LogP contribution in [-0.4, -0.2) is 22.0 Å². The summed E-state index contributed by atoms with van der Waals surface area (Å²) in [5, 5.41) is 2.71. The first-order valence-corrected chi connectivity index (χ1v) is 10.1. The number of aromatic nitrogens is 1. The number of amides is 2. The molecule has 0 saturated heterocycles. The number of hydrogen-bond donors (Lipinski definition) is 1. The van der Waals surface area contributed by atoms with Crippen LogP contribution in [0.5, 0.6) is 0 Å². The van der Waals surface area contributed by atoms with Crippen LogP contribution in [0.4, 0.5) is 14.9 Å². The predicted octanol–water partition coefficient (Wildman–Crippen LogP) is 5.82. The Kier molecular flexibility index (Phi) is 7.06. The summed E-state index contributed by atoms with van der Waals surface area (Å²) >= 11 is 0. The van der Waals surface area contributed by atoms with Crippen molar-refractivity contribution >= 4 is 11.7 Å². The number of unbranched alkanes of at least 4 members (excludes halogenated alkanes) is 1. The Morgan fingerprint density at radius 1 is 1.07 bits per heavy atom. The average molecular weight is 394 g/mol. The average Bonchev–Trinajstić information content (AvgIpc) is 3.15. The van der Waals surface area contributed by atoms with Crippen LogP contribution in [0.15, 0.2) is 66.9 Å². The van der Waals surface area contributed by atoms with Crippen molar-refractivity contribution in [3.63, 3.8) is 0 Å². The van der Waals surface area contributed by atoms with Crippen molar-refractivity contribution in [2.75, 3.05) is 11.9 Å². The number of urea groups is 1. The van der Waals surface area contributed by atoms with E-state index in [1.54, 1.807) is 23.1 Å². The van der Waals surface area contributed by atoms with Gasteiger partial charge in [0.25, 0.3) is 0 Å². The molecule has 4 nitrogen and oxygen atoms in total. The number of nitrogens with zero attached hydrogens (tertiary/aromatic N) is 2. The first-order chi connectivity index (χ1) is 14.1. The second kappa shape index (κ2) is 9.92. The number of carbonyl (C=O) groups is 1. The molecule has 3 aromatic rings. The molecule has 0 unspecified atom stereocenters. The highest BCUT2D eigenvalue weighted by Gasteiger charge is 2.17. The number of benzene rings is 2. The van der Waals surface area contributed by atoms with Crippen molar-refractivity contribution in [2.45, 2.75) is 39.8 Å². The fourth-order valence-corrected chi connectivity index (χ4v) is 3.27. The van der Waals surface area contributed by atoms with Crippen molar-refractivity contribution in [3.05, 3.63) is 89.5 Å². The van der Waals surface area contributed by atoms with Gasteiger partial charge in [0, 0.05) is 25.0 Å². The van der Waals surface area contributed by atoms with Crippen molar-refractivity contribution in [1.29, 1.82) is 0 Å². The Morgan fingerprint density at radius 2 is 1.83 bits per heavy atom. The summed E-state index contributed by atoms with van der Waals surface area (Å²) in [5.41, 5.74) is 3.75. The number of halogens is 1. The summed E-state index contributed by atoms with van der Waals surface area (Å²) in [6.45, 7) is 6.04. The quantitative estimate of drug-likeness (QED) is 0.514. The van der Waals surface area contributed by atoms with E-state index in [2.05, 4.69) is 35.9 Å². The van der Waals surface area contributed by atoms with E-state index in [0.29, 0.717) is 13.1 Å². The van der Waals surface area contributed by atoms with Crippen molar-refractivity contribution < 1.29 is 9.18 Å². The fraction of sp³-hybridized carbons (Fsp3) is 0.292. The first-order valence-electron chi connectivity index (χ1n) is 10.1. The van der Waals surface area contributed by atoms with Gasteiger partial charge in [0.2, 0.25) is 0 Å². The van der Waals surface area contributed by atoms with E-state index >= 15 is 0 Å². The molecule has 0 aliphatic heterocycles. The topological polar surface area (TPSA) is 37.3 Å². The zero-order chi connectivity index (χ0) is 20.6. The maximum Gasteiger partial charge on any atom is 0.322 e. The van der Waals surface area contributed by atoms with Gasteiger partial charge >= 0.3 is 6.03 Å². The standard InChI is InChI=1S/C24H28FN3O/c1-3-4-15-28(24(29)26-23-14-8-7-13-22(23)25)18-21-12-9-16-27(21)17-20-11-6-5-10-19(20)2/h5-14,16H,3-4,15,17-18H2,1-2H3,(H,26,29). The van der Waals surface area contributed by atoms with Crippen LogP contribution in [0.25, 0.3) is 0 Å². The molecule has 0 spiro atoms. The molecule has 1 heterocycles. The van der Waals surface area contributed by atoms with Gasteiger partial charge in [0.1, 0.15) is 5.82 Å². The Morgan fingerprint density at radius 3 is 2.59 bits per heavy atom. The molecule has 0 aliphatic carbocycles. The third-order valence-corrected chi connectivity index (χ3v) is 5.06. The molecule has 152 valence electrons. The van der Waals surface area contributed by atoms with E-state index in [1.807, 2.05) is 30.5 Å². The third kappa shape index (κ3) is 5.47. The maximum atomic E-state index is 13.9. The van der Waals surface area contributed by atoms with Gasteiger partial charge in [-0.3, -0.25) is 0 Å². The van der Waals surface area contributed by atoms with Crippen LogP contribution in [0, 0.1) is 12.7 Å². The highest BCUT2D eigenvalue weighted by atomic mass is 19.1. The lowest BCUT2D eigenvalue weighted by Gasteiger charge is -2.24. The first kappa shape index (κ1) is 20.6. The van der Waals surface area contributed by atoms with Gasteiger partial charge in [0.05, 0.1) is 12.2 Å². The van der Waals surface area contributed by atoms with Gasteiger partial charge in [-0.2, -0.15) is 0 Å². The van der Waals surface area contributed by atoms with Crippen LogP contribution in [0.1, 0.15) is 36.6 Å². The summed E-state index contributed by atoms with van der Waals surface area (Å²) < 4.78 is 16.1. The van der Waals surface area contributed by atoms with E-state index in [1.165, 1.54) is 17.2 Å². The molecule has 29 heavy (non-hydrogen) atoms. The number of rotatable bonds is 8. The molecule has 0 fully saturated rings. The van der Waals surface area contributed by atoms with E-state index in [-0.39, 0.29) is 11.7 Å². The predicted molar refractivity (Wildman–Crippen MR) is 115 cm³/mol. The largest absolute Gasteiger partial charge is 0.345 e. The zero-order valence-corrected chi connectivity index (χ0v) is 17.1. The van der Waals surface area contributed by atoms with Crippen LogP contribution in [0.3, 0.4) is 0 Å². The van der Waals surface area contributed by atoms with Gasteiger partial charge in [-0.05, 0) is 48.7 Å². The number of anilines is 1. The summed E-state index contributed by atoms with van der Waals surface area (Å²) in [7, 11) is 0. The molecule has 1 N–H and O–H groups in total. The summed E-state index contributed by atoms with van der Waals surface area (Å²) in [5.74, 6) is -0.431. The molecule has 0 bridgehead atoms. The molecule has 0 atom stereocenters. The summed E-state index contributed by atoms with van der Waals surface area (Å²) in [4.78, 5) is 14.6. The summed E-state index contributed by atoms with van der Waals surface area (Å²) in [6, 6.07) is 18.3. The lowest BCUT2D eigenvalue weighted by molar-refractivity contribution is 0.206. The van der Waals surface area contributed by atoms with Crippen molar-refractivity contribution in [3.8, 4) is 0 Å². The molecule has 0 aliphatic rings. The Labute approximate surface area is 172 Å². The van der Waals surface area contributed by atoms with E-state index < -0.39 is 5.82 Å². The van der Waals surface area contributed by atoms with Crippen molar-refractivity contribution in [1.82, 2.24) is 9.47 Å². The number of aryl methyl sites for hydroxylation is 1. The number of hydrogen-bond acceptors (Lipinski definition) is 1. The molecule has 1 aromatic heterocycles.